The summed E-state index contributed by atoms with van der Waals surface area (Å²) in [5, 5.41) is 5.50. The molecule has 0 fully saturated rings. The zero-order valence-electron chi connectivity index (χ0n) is 10.6. The summed E-state index contributed by atoms with van der Waals surface area (Å²) in [5.74, 6) is 0.639. The Hall–Kier alpha value is -1.39. The molecule has 1 aromatic carbocycles. The second kappa shape index (κ2) is 5.72. The highest BCUT2D eigenvalue weighted by Crippen LogP contribution is 2.28. The van der Waals surface area contributed by atoms with Crippen LogP contribution in [0.3, 0.4) is 0 Å². The molecule has 1 aromatic heterocycles. The largest absolute Gasteiger partial charge is 0.488 e. The van der Waals surface area contributed by atoms with Gasteiger partial charge in [0.1, 0.15) is 17.7 Å². The third-order valence-corrected chi connectivity index (χ3v) is 4.20. The zero-order valence-corrected chi connectivity index (χ0v) is 11.4. The van der Waals surface area contributed by atoms with Gasteiger partial charge >= 0.3 is 0 Å². The van der Waals surface area contributed by atoms with Crippen molar-refractivity contribution in [3.05, 3.63) is 52.0 Å². The third-order valence-electron chi connectivity index (χ3n) is 3.26. The first-order valence-corrected chi connectivity index (χ1v) is 7.37. The van der Waals surface area contributed by atoms with E-state index >= 15 is 0 Å². The lowest BCUT2D eigenvalue weighted by atomic mass is 10.1. The summed E-state index contributed by atoms with van der Waals surface area (Å²) < 4.78 is 18.9. The second-order valence-electron chi connectivity index (χ2n) is 4.73. The number of fused-ring (bicyclic) bond motifs is 1. The molecule has 0 amide bonds. The maximum Gasteiger partial charge on any atom is 0.123 e. The minimum absolute atomic E-state index is 0.125. The zero-order chi connectivity index (χ0) is 13.1. The molecule has 0 aliphatic carbocycles. The SMILES string of the molecule is Fc1ccc2c(c1)CC(CNCCc1cccs1)O2. The van der Waals surface area contributed by atoms with Crippen molar-refractivity contribution in [3.63, 3.8) is 0 Å². The lowest BCUT2D eigenvalue weighted by Crippen LogP contribution is -2.31. The normalized spacial score (nSPS) is 17.2. The summed E-state index contributed by atoms with van der Waals surface area (Å²) in [6.07, 6.45) is 1.96. The highest BCUT2D eigenvalue weighted by molar-refractivity contribution is 7.09. The fourth-order valence-corrected chi connectivity index (χ4v) is 3.04. The highest BCUT2D eigenvalue weighted by Gasteiger charge is 2.22. The van der Waals surface area contributed by atoms with Gasteiger partial charge in [0.2, 0.25) is 0 Å². The van der Waals surface area contributed by atoms with Gasteiger partial charge in [-0.05, 0) is 36.1 Å². The van der Waals surface area contributed by atoms with Gasteiger partial charge in [0, 0.05) is 30.0 Å². The molecule has 0 saturated carbocycles. The van der Waals surface area contributed by atoms with Crippen LogP contribution in [-0.2, 0) is 12.8 Å². The molecule has 4 heteroatoms. The molecule has 1 unspecified atom stereocenters. The number of benzene rings is 1. The van der Waals surface area contributed by atoms with E-state index in [1.165, 1.54) is 10.9 Å². The molecule has 0 saturated heterocycles. The van der Waals surface area contributed by atoms with E-state index in [9.17, 15) is 4.39 Å². The quantitative estimate of drug-likeness (QED) is 0.848. The third kappa shape index (κ3) is 3.14. The Morgan fingerprint density at radius 1 is 1.37 bits per heavy atom. The molecular weight excluding hydrogens is 261 g/mol. The monoisotopic (exact) mass is 277 g/mol. The molecule has 1 N–H and O–H groups in total. The maximum atomic E-state index is 13.1. The number of hydrogen-bond donors (Lipinski definition) is 1. The van der Waals surface area contributed by atoms with E-state index in [0.29, 0.717) is 0 Å². The van der Waals surface area contributed by atoms with Crippen LogP contribution in [0.5, 0.6) is 5.75 Å². The van der Waals surface area contributed by atoms with Crippen LogP contribution in [0.2, 0.25) is 0 Å². The van der Waals surface area contributed by atoms with Gasteiger partial charge in [-0.1, -0.05) is 6.07 Å². The molecule has 100 valence electrons. The van der Waals surface area contributed by atoms with Gasteiger partial charge in [-0.25, -0.2) is 4.39 Å². The van der Waals surface area contributed by atoms with Crippen molar-refractivity contribution in [1.82, 2.24) is 5.32 Å². The number of thiophene rings is 1. The molecule has 2 nitrogen and oxygen atoms in total. The summed E-state index contributed by atoms with van der Waals surface area (Å²) in [7, 11) is 0. The first-order valence-electron chi connectivity index (χ1n) is 6.49. The standard InChI is InChI=1S/C15H16FNOS/c16-12-3-4-15-11(8-12)9-13(18-15)10-17-6-5-14-2-1-7-19-14/h1-4,7-8,13,17H,5-6,9-10H2. The Bertz CT molecular complexity index is 541. The fourth-order valence-electron chi connectivity index (χ4n) is 2.33. The van der Waals surface area contributed by atoms with Crippen LogP contribution < -0.4 is 10.1 Å². The van der Waals surface area contributed by atoms with Crippen LogP contribution in [-0.4, -0.2) is 19.2 Å². The molecule has 19 heavy (non-hydrogen) atoms. The number of hydrogen-bond acceptors (Lipinski definition) is 3. The van der Waals surface area contributed by atoms with Crippen LogP contribution in [0.1, 0.15) is 10.4 Å². The van der Waals surface area contributed by atoms with Gasteiger partial charge in [0.05, 0.1) is 0 Å². The lowest BCUT2D eigenvalue weighted by molar-refractivity contribution is 0.228. The molecule has 2 aromatic rings. The van der Waals surface area contributed by atoms with Crippen molar-refractivity contribution in [2.24, 2.45) is 0 Å². The number of rotatable bonds is 5. The van der Waals surface area contributed by atoms with E-state index in [0.717, 1.165) is 37.2 Å². The number of ether oxygens (including phenoxy) is 1. The lowest BCUT2D eigenvalue weighted by Gasteiger charge is -2.11. The Labute approximate surface area is 116 Å². The predicted octanol–water partition coefficient (Wildman–Crippen LogP) is 3.02. The Morgan fingerprint density at radius 2 is 2.32 bits per heavy atom. The summed E-state index contributed by atoms with van der Waals surface area (Å²) in [6, 6.07) is 8.96. The summed E-state index contributed by atoms with van der Waals surface area (Å²) in [4.78, 5) is 1.39. The fraction of sp³-hybridized carbons (Fsp3) is 0.333. The van der Waals surface area contributed by atoms with Gasteiger partial charge in [-0.3, -0.25) is 0 Å². The first kappa shape index (κ1) is 12.6. The molecular formula is C15H16FNOS. The summed E-state index contributed by atoms with van der Waals surface area (Å²) in [6.45, 7) is 1.76. The number of nitrogens with one attached hydrogen (secondary N) is 1. The van der Waals surface area contributed by atoms with E-state index in [1.807, 2.05) is 0 Å². The van der Waals surface area contributed by atoms with E-state index in [1.54, 1.807) is 23.5 Å². The van der Waals surface area contributed by atoms with Gasteiger partial charge in [-0.2, -0.15) is 0 Å². The molecule has 1 atom stereocenters. The van der Waals surface area contributed by atoms with Crippen molar-refractivity contribution in [2.45, 2.75) is 18.9 Å². The summed E-state index contributed by atoms with van der Waals surface area (Å²) in [5.41, 5.74) is 0.977. The van der Waals surface area contributed by atoms with Crippen LogP contribution in [0.15, 0.2) is 35.7 Å². The van der Waals surface area contributed by atoms with Gasteiger partial charge in [0.15, 0.2) is 0 Å². The highest BCUT2D eigenvalue weighted by atomic mass is 32.1. The predicted molar refractivity (Wildman–Crippen MR) is 75.4 cm³/mol. The van der Waals surface area contributed by atoms with Crippen molar-refractivity contribution < 1.29 is 9.13 Å². The van der Waals surface area contributed by atoms with Crippen LogP contribution in [0, 0.1) is 5.82 Å². The van der Waals surface area contributed by atoms with Crippen LogP contribution in [0.25, 0.3) is 0 Å². The minimum Gasteiger partial charge on any atom is -0.488 e. The second-order valence-corrected chi connectivity index (χ2v) is 5.76. The van der Waals surface area contributed by atoms with Crippen molar-refractivity contribution in [1.29, 1.82) is 0 Å². The molecule has 3 rings (SSSR count). The summed E-state index contributed by atoms with van der Waals surface area (Å²) >= 11 is 1.78. The van der Waals surface area contributed by atoms with Crippen LogP contribution in [0.4, 0.5) is 4.39 Å². The molecule has 1 aliphatic rings. The molecule has 0 radical (unpaired) electrons. The number of halogens is 1. The van der Waals surface area contributed by atoms with Gasteiger partial charge in [0.25, 0.3) is 0 Å². The average Bonchev–Trinajstić information content (AvgIpc) is 3.02. The minimum atomic E-state index is -0.186. The first-order chi connectivity index (χ1) is 9.31. The smallest absolute Gasteiger partial charge is 0.123 e. The van der Waals surface area contributed by atoms with E-state index in [-0.39, 0.29) is 11.9 Å². The van der Waals surface area contributed by atoms with Crippen molar-refractivity contribution in [2.75, 3.05) is 13.1 Å². The van der Waals surface area contributed by atoms with E-state index in [4.69, 9.17) is 4.74 Å². The van der Waals surface area contributed by atoms with Crippen molar-refractivity contribution in [3.8, 4) is 5.75 Å². The van der Waals surface area contributed by atoms with Gasteiger partial charge < -0.3 is 10.1 Å². The molecule has 0 bridgehead atoms. The van der Waals surface area contributed by atoms with E-state index in [2.05, 4.69) is 22.8 Å². The van der Waals surface area contributed by atoms with Crippen molar-refractivity contribution >= 4 is 11.3 Å². The van der Waals surface area contributed by atoms with Gasteiger partial charge in [-0.15, -0.1) is 11.3 Å². The molecule has 1 aliphatic heterocycles. The Balaban J connectivity index is 1.43. The van der Waals surface area contributed by atoms with E-state index < -0.39 is 0 Å². The maximum absolute atomic E-state index is 13.1. The Kier molecular flexibility index (Phi) is 3.80. The average molecular weight is 277 g/mol. The van der Waals surface area contributed by atoms with Crippen LogP contribution >= 0.6 is 11.3 Å². The molecule has 2 heterocycles. The Morgan fingerprint density at radius 3 is 3.16 bits per heavy atom. The molecule has 0 spiro atoms. The topological polar surface area (TPSA) is 21.3 Å².